The predicted molar refractivity (Wildman–Crippen MR) is 10.3 cm³/mol. The first-order chi connectivity index (χ1) is 1.50. The molecule has 0 amide bonds. The van der Waals surface area contributed by atoms with E-state index in [1.807, 2.05) is 0 Å². The van der Waals surface area contributed by atoms with Crippen LogP contribution in [0.1, 0.15) is 0 Å². The van der Waals surface area contributed by atoms with Gasteiger partial charge in [-0.25, -0.2) is 0 Å². The summed E-state index contributed by atoms with van der Waals surface area (Å²) in [5, 5.41) is 0. The second kappa shape index (κ2) is 1.86. The van der Waals surface area contributed by atoms with Crippen LogP contribution in [-0.2, 0) is 24.2 Å². The van der Waals surface area contributed by atoms with Gasteiger partial charge >= 0.3 is 0 Å². The summed E-state index contributed by atoms with van der Waals surface area (Å²) >= 11 is 0. The Morgan fingerprint density at radius 1 is 1.75 bits per heavy atom. The third-order valence-electron chi connectivity index (χ3n) is 0.167. The molecule has 27 valence electrons. The minimum Gasteiger partial charge on any atom is -0.574 e. The second-order valence-corrected chi connectivity index (χ2v) is 0.500. The molecule has 0 N–H and O–H groups in total. The van der Waals surface area contributed by atoms with E-state index in [0.29, 0.717) is 0 Å². The number of rotatable bonds is 0. The fraction of sp³-hybridized carbons (Fsp3) is 0.500. The molecule has 0 aromatic rings. The molecular formula is C2H3ORh-. The topological polar surface area (TPSA) is 12.5 Å². The minimum atomic E-state index is 0. The van der Waals surface area contributed by atoms with Crippen LogP contribution in [0, 0.1) is 6.61 Å². The van der Waals surface area contributed by atoms with Gasteiger partial charge in [0.05, 0.1) is 0 Å². The molecule has 1 nitrogen and oxygen atoms in total. The van der Waals surface area contributed by atoms with Gasteiger partial charge < -0.3 is 4.74 Å². The van der Waals surface area contributed by atoms with Gasteiger partial charge in [-0.05, 0) is 0 Å². The summed E-state index contributed by atoms with van der Waals surface area (Å²) in [4.78, 5) is 0. The Labute approximate surface area is 38.1 Å². The van der Waals surface area contributed by atoms with Crippen LogP contribution >= 0.6 is 0 Å². The van der Waals surface area contributed by atoms with E-state index in [1.54, 1.807) is 6.61 Å². The average molecular weight is 146 g/mol. The zero-order valence-electron chi connectivity index (χ0n) is 2.03. The molecule has 4 heavy (non-hydrogen) atoms. The molecule has 1 fully saturated rings. The van der Waals surface area contributed by atoms with Crippen molar-refractivity contribution in [2.45, 2.75) is 0 Å². The molecule has 0 unspecified atom stereocenters. The molecule has 2 heteroatoms. The summed E-state index contributed by atoms with van der Waals surface area (Å²) in [7, 11) is 0. The molecule has 0 aliphatic carbocycles. The summed E-state index contributed by atoms with van der Waals surface area (Å²) in [6, 6.07) is 0. The van der Waals surface area contributed by atoms with Crippen LogP contribution < -0.4 is 0 Å². The first-order valence-electron chi connectivity index (χ1n) is 0.933. The van der Waals surface area contributed by atoms with E-state index in [1.165, 1.54) is 0 Å². The van der Waals surface area contributed by atoms with E-state index in [2.05, 4.69) is 4.74 Å². The summed E-state index contributed by atoms with van der Waals surface area (Å²) in [5.41, 5.74) is 0. The van der Waals surface area contributed by atoms with Crippen LogP contribution in [0.2, 0.25) is 0 Å². The Morgan fingerprint density at radius 3 is 2.00 bits per heavy atom. The Hall–Kier alpha value is 0.583. The van der Waals surface area contributed by atoms with Crippen molar-refractivity contribution in [3.8, 4) is 0 Å². The molecular weight excluding hydrogens is 143 g/mol. The largest absolute Gasteiger partial charge is 0.574 e. The maximum Gasteiger partial charge on any atom is 0 e. The third kappa shape index (κ3) is 2.58. The molecule has 1 radical (unpaired) electrons. The Morgan fingerprint density at radius 2 is 2.00 bits per heavy atom. The summed E-state index contributed by atoms with van der Waals surface area (Å²) in [6.07, 6.45) is 0. The van der Waals surface area contributed by atoms with Crippen molar-refractivity contribution >= 4 is 0 Å². The Kier molecular flexibility index (Phi) is 2.13. The van der Waals surface area contributed by atoms with E-state index in [-0.39, 0.29) is 19.5 Å². The van der Waals surface area contributed by atoms with Gasteiger partial charge in [0.15, 0.2) is 0 Å². The molecule has 0 aromatic carbocycles. The number of ether oxygens (including phenoxy) is 1. The van der Waals surface area contributed by atoms with Crippen molar-refractivity contribution < 1.29 is 24.2 Å². The Bertz CT molecular complexity index is 10.8. The van der Waals surface area contributed by atoms with E-state index < -0.39 is 0 Å². The number of epoxide rings is 1. The van der Waals surface area contributed by atoms with E-state index in [4.69, 9.17) is 0 Å². The van der Waals surface area contributed by atoms with Crippen molar-refractivity contribution in [2.24, 2.45) is 0 Å². The molecule has 1 saturated heterocycles. The first-order valence-corrected chi connectivity index (χ1v) is 0.933. The van der Waals surface area contributed by atoms with Crippen molar-refractivity contribution in [1.29, 1.82) is 0 Å². The minimum absolute atomic E-state index is 0. The summed E-state index contributed by atoms with van der Waals surface area (Å²) in [5.74, 6) is 0. The van der Waals surface area contributed by atoms with Crippen LogP contribution in [0.15, 0.2) is 0 Å². The van der Waals surface area contributed by atoms with Crippen molar-refractivity contribution in [2.75, 3.05) is 6.61 Å². The maximum atomic E-state index is 4.38. The van der Waals surface area contributed by atoms with E-state index in [9.17, 15) is 0 Å². The monoisotopic (exact) mass is 146 g/mol. The van der Waals surface area contributed by atoms with Gasteiger partial charge in [0.1, 0.15) is 0 Å². The molecule has 0 aromatic heterocycles. The number of hydrogen-bond acceptors (Lipinski definition) is 1. The van der Waals surface area contributed by atoms with Crippen molar-refractivity contribution in [3.05, 3.63) is 6.61 Å². The normalized spacial score (nSPS) is 18.0. The smallest absolute Gasteiger partial charge is 0 e. The fourth-order valence-corrected chi connectivity index (χ4v) is 0. The molecule has 0 atom stereocenters. The molecule has 1 aliphatic heterocycles. The van der Waals surface area contributed by atoms with Crippen LogP contribution in [-0.4, -0.2) is 6.61 Å². The molecule has 0 saturated carbocycles. The average Bonchev–Trinajstić information content (AvgIpc) is 1.46. The van der Waals surface area contributed by atoms with Gasteiger partial charge in [-0.2, -0.15) is 6.61 Å². The van der Waals surface area contributed by atoms with Gasteiger partial charge in [-0.3, -0.25) is 0 Å². The molecule has 0 spiro atoms. The maximum absolute atomic E-state index is 4.38. The van der Waals surface area contributed by atoms with E-state index >= 15 is 0 Å². The van der Waals surface area contributed by atoms with Gasteiger partial charge in [0.2, 0.25) is 0 Å². The van der Waals surface area contributed by atoms with Crippen molar-refractivity contribution in [3.63, 3.8) is 0 Å². The van der Waals surface area contributed by atoms with Gasteiger partial charge in [-0.1, -0.05) is 6.61 Å². The zero-order valence-corrected chi connectivity index (χ0v) is 3.66. The molecule has 1 heterocycles. The molecule has 1 aliphatic rings. The van der Waals surface area contributed by atoms with Crippen LogP contribution in [0.3, 0.4) is 0 Å². The van der Waals surface area contributed by atoms with Crippen LogP contribution in [0.5, 0.6) is 0 Å². The standard InChI is InChI=1S/C2H3O.Rh/c1-2-3-1;/h1H,2H2;/q-1;. The van der Waals surface area contributed by atoms with Crippen LogP contribution in [0.4, 0.5) is 0 Å². The molecule has 1 rings (SSSR count). The fourth-order valence-electron chi connectivity index (χ4n) is 0. The molecule has 0 bridgehead atoms. The first kappa shape index (κ1) is 4.58. The quantitative estimate of drug-likeness (QED) is 0.269. The predicted octanol–water partition coefficient (Wildman–Crippen LogP) is 0.176. The third-order valence-corrected chi connectivity index (χ3v) is 0.167. The van der Waals surface area contributed by atoms with Gasteiger partial charge in [0, 0.05) is 19.5 Å². The number of hydrogen-bond donors (Lipinski definition) is 0. The van der Waals surface area contributed by atoms with Crippen LogP contribution in [0.25, 0.3) is 0 Å². The van der Waals surface area contributed by atoms with Gasteiger partial charge in [-0.15, -0.1) is 0 Å². The van der Waals surface area contributed by atoms with E-state index in [0.717, 1.165) is 6.61 Å². The zero-order chi connectivity index (χ0) is 2.12. The summed E-state index contributed by atoms with van der Waals surface area (Å²) in [6.45, 7) is 2.62. The summed E-state index contributed by atoms with van der Waals surface area (Å²) < 4.78 is 4.38. The van der Waals surface area contributed by atoms with Gasteiger partial charge in [0.25, 0.3) is 0 Å². The second-order valence-electron chi connectivity index (χ2n) is 0.500. The Balaban J connectivity index is 0.0000000900. The van der Waals surface area contributed by atoms with Crippen molar-refractivity contribution in [1.82, 2.24) is 0 Å². The SMILES string of the molecule is [CH-]1CO1.[Rh].